The van der Waals surface area contributed by atoms with Gasteiger partial charge in [0, 0.05) is 21.9 Å². The minimum atomic E-state index is 0.454. The van der Waals surface area contributed by atoms with Gasteiger partial charge in [-0.25, -0.2) is 0 Å². The molecule has 0 bridgehead atoms. The van der Waals surface area contributed by atoms with Gasteiger partial charge in [0.15, 0.2) is 4.98 Å². The van der Waals surface area contributed by atoms with E-state index in [1.54, 1.807) is 17.8 Å². The van der Waals surface area contributed by atoms with E-state index in [9.17, 15) is 0 Å². The third-order valence-corrected chi connectivity index (χ3v) is 3.59. The van der Waals surface area contributed by atoms with Gasteiger partial charge in [0.25, 0.3) is 0 Å². The Balaban J connectivity index is 2.23. The van der Waals surface area contributed by atoms with Gasteiger partial charge < -0.3 is 4.74 Å². The predicted molar refractivity (Wildman–Crippen MR) is 77.7 cm³/mol. The Labute approximate surface area is 117 Å². The molecule has 0 amide bonds. The smallest absolute Gasteiger partial charge is 0.426 e. The van der Waals surface area contributed by atoms with E-state index in [0.717, 1.165) is 4.90 Å². The van der Waals surface area contributed by atoms with Crippen molar-refractivity contribution < 1.29 is 4.74 Å². The quantitative estimate of drug-likeness (QED) is 0.732. The first-order valence-electron chi connectivity index (χ1n) is 6.09. The van der Waals surface area contributed by atoms with Gasteiger partial charge >= 0.3 is 5.69 Å². The summed E-state index contributed by atoms with van der Waals surface area (Å²) in [6, 6.07) is 13.9. The second-order valence-corrected chi connectivity index (χ2v) is 5.22. The second-order valence-electron chi connectivity index (χ2n) is 4.08. The van der Waals surface area contributed by atoms with Crippen molar-refractivity contribution in [2.45, 2.75) is 23.6 Å². The maximum absolute atomic E-state index is 8.89. The zero-order chi connectivity index (χ0) is 13.7. The molecular formula is C15H15N2OS+. The minimum absolute atomic E-state index is 0.454. The molecule has 0 saturated heterocycles. The molecule has 4 heteroatoms. The number of diazo groups is 1. The van der Waals surface area contributed by atoms with Gasteiger partial charge in [-0.05, 0) is 32.0 Å². The molecular weight excluding hydrogens is 256 g/mol. The van der Waals surface area contributed by atoms with Gasteiger partial charge in [0.1, 0.15) is 0 Å². The molecule has 3 nitrogen and oxygen atoms in total. The first-order valence-corrected chi connectivity index (χ1v) is 6.91. The lowest BCUT2D eigenvalue weighted by Gasteiger charge is -2.04. The normalized spacial score (nSPS) is 9.95. The van der Waals surface area contributed by atoms with Crippen LogP contribution in [0.1, 0.15) is 12.5 Å². The average Bonchev–Trinajstić information content (AvgIpc) is 2.42. The Kier molecular flexibility index (Phi) is 4.43. The highest BCUT2D eigenvalue weighted by Crippen LogP contribution is 2.35. The number of nitrogens with zero attached hydrogens (tertiary/aromatic N) is 2. The molecule has 0 aliphatic rings. The highest BCUT2D eigenvalue weighted by Gasteiger charge is 2.15. The second kappa shape index (κ2) is 6.26. The standard InChI is InChI=1S/C15H15N2OS/c1-3-18-15-10-13(8-9-14(15)17-16)19-12-6-4-11(2)5-7-12/h4-10H,3H2,1-2H3/q+1. The van der Waals surface area contributed by atoms with Crippen molar-refractivity contribution in [3.8, 4) is 5.75 Å². The van der Waals surface area contributed by atoms with Crippen LogP contribution in [0.4, 0.5) is 5.69 Å². The number of benzene rings is 2. The molecule has 2 rings (SSSR count). The van der Waals surface area contributed by atoms with Gasteiger partial charge in [-0.2, -0.15) is 0 Å². The summed E-state index contributed by atoms with van der Waals surface area (Å²) in [7, 11) is 0. The van der Waals surface area contributed by atoms with Crippen LogP contribution < -0.4 is 4.74 Å². The first-order chi connectivity index (χ1) is 9.22. The van der Waals surface area contributed by atoms with E-state index in [0.29, 0.717) is 18.0 Å². The molecule has 0 aliphatic heterocycles. The Hall–Kier alpha value is -1.99. The van der Waals surface area contributed by atoms with E-state index in [-0.39, 0.29) is 0 Å². The van der Waals surface area contributed by atoms with Crippen molar-refractivity contribution in [1.29, 1.82) is 5.39 Å². The molecule has 0 heterocycles. The monoisotopic (exact) mass is 271 g/mol. The largest absolute Gasteiger partial charge is 0.486 e. The van der Waals surface area contributed by atoms with Crippen LogP contribution in [0.3, 0.4) is 0 Å². The van der Waals surface area contributed by atoms with Gasteiger partial charge in [0.05, 0.1) is 6.61 Å². The number of ether oxygens (including phenoxy) is 1. The lowest BCUT2D eigenvalue weighted by molar-refractivity contribution is 0.341. The molecule has 0 aromatic heterocycles. The topological polar surface area (TPSA) is 37.4 Å². The zero-order valence-electron chi connectivity index (χ0n) is 11.0. The van der Waals surface area contributed by atoms with Crippen molar-refractivity contribution in [3.63, 3.8) is 0 Å². The van der Waals surface area contributed by atoms with E-state index < -0.39 is 0 Å². The summed E-state index contributed by atoms with van der Waals surface area (Å²) >= 11 is 1.65. The molecule has 0 N–H and O–H groups in total. The molecule has 0 atom stereocenters. The summed E-state index contributed by atoms with van der Waals surface area (Å²) < 4.78 is 5.46. The molecule has 0 unspecified atom stereocenters. The lowest BCUT2D eigenvalue weighted by Crippen LogP contribution is -1.91. The zero-order valence-corrected chi connectivity index (χ0v) is 11.8. The Morgan fingerprint density at radius 3 is 2.42 bits per heavy atom. The minimum Gasteiger partial charge on any atom is -0.486 e. The van der Waals surface area contributed by atoms with E-state index in [1.807, 2.05) is 19.1 Å². The van der Waals surface area contributed by atoms with Crippen LogP contribution in [-0.4, -0.2) is 6.61 Å². The Morgan fingerprint density at radius 1 is 1.11 bits per heavy atom. The maximum atomic E-state index is 8.89. The van der Waals surface area contributed by atoms with Gasteiger partial charge in [0.2, 0.25) is 11.1 Å². The Bertz CT molecular complexity index is 603. The van der Waals surface area contributed by atoms with Crippen molar-refractivity contribution in [2.24, 2.45) is 0 Å². The SMILES string of the molecule is CCOc1cc(Sc2ccc(C)cc2)ccc1[N+]#N. The first kappa shape index (κ1) is 13.4. The van der Waals surface area contributed by atoms with E-state index in [4.69, 9.17) is 10.1 Å². The summed E-state index contributed by atoms with van der Waals surface area (Å²) in [5.74, 6) is 0.599. The van der Waals surface area contributed by atoms with Crippen molar-refractivity contribution in [2.75, 3.05) is 6.61 Å². The highest BCUT2D eigenvalue weighted by atomic mass is 32.2. The molecule has 0 aliphatic carbocycles. The third-order valence-electron chi connectivity index (χ3n) is 2.60. The molecule has 0 fully saturated rings. The number of aryl methyl sites for hydroxylation is 1. The molecule has 0 saturated carbocycles. The number of rotatable bonds is 4. The van der Waals surface area contributed by atoms with Crippen molar-refractivity contribution in [1.82, 2.24) is 0 Å². The Morgan fingerprint density at radius 2 is 1.79 bits per heavy atom. The van der Waals surface area contributed by atoms with E-state index in [1.165, 1.54) is 10.5 Å². The fourth-order valence-electron chi connectivity index (χ4n) is 1.65. The molecule has 2 aromatic carbocycles. The summed E-state index contributed by atoms with van der Waals surface area (Å²) in [5, 5.41) is 8.89. The molecule has 19 heavy (non-hydrogen) atoms. The van der Waals surface area contributed by atoms with Crippen LogP contribution in [-0.2, 0) is 0 Å². The van der Waals surface area contributed by atoms with Gasteiger partial charge in [-0.3, -0.25) is 0 Å². The average molecular weight is 271 g/mol. The van der Waals surface area contributed by atoms with Gasteiger partial charge in [-0.15, -0.1) is 0 Å². The summed E-state index contributed by atoms with van der Waals surface area (Å²) in [5.41, 5.74) is 1.70. The summed E-state index contributed by atoms with van der Waals surface area (Å²) in [6.07, 6.45) is 0. The maximum Gasteiger partial charge on any atom is 0.426 e. The van der Waals surface area contributed by atoms with Crippen LogP contribution in [0.5, 0.6) is 5.75 Å². The molecule has 0 radical (unpaired) electrons. The van der Waals surface area contributed by atoms with Crippen LogP contribution >= 0.6 is 11.8 Å². The fraction of sp³-hybridized carbons (Fsp3) is 0.200. The fourth-order valence-corrected chi connectivity index (χ4v) is 2.50. The van der Waals surface area contributed by atoms with Crippen LogP contribution in [0.15, 0.2) is 52.3 Å². The molecule has 0 spiro atoms. The number of hydrogen-bond acceptors (Lipinski definition) is 3. The molecule has 96 valence electrons. The van der Waals surface area contributed by atoms with Crippen LogP contribution in [0, 0.1) is 12.3 Å². The molecule has 2 aromatic rings. The van der Waals surface area contributed by atoms with Crippen molar-refractivity contribution in [3.05, 3.63) is 53.0 Å². The van der Waals surface area contributed by atoms with Crippen molar-refractivity contribution >= 4 is 17.4 Å². The lowest BCUT2D eigenvalue weighted by atomic mass is 10.2. The van der Waals surface area contributed by atoms with E-state index in [2.05, 4.69) is 36.2 Å². The highest BCUT2D eigenvalue weighted by molar-refractivity contribution is 7.99. The van der Waals surface area contributed by atoms with Crippen LogP contribution in [0.2, 0.25) is 0 Å². The summed E-state index contributed by atoms with van der Waals surface area (Å²) in [4.78, 5) is 5.44. The summed E-state index contributed by atoms with van der Waals surface area (Å²) in [6.45, 7) is 4.52. The number of hydrogen-bond donors (Lipinski definition) is 0. The van der Waals surface area contributed by atoms with Crippen LogP contribution in [0.25, 0.3) is 4.98 Å². The van der Waals surface area contributed by atoms with Gasteiger partial charge in [-0.1, -0.05) is 29.5 Å². The third kappa shape index (κ3) is 3.49. The van der Waals surface area contributed by atoms with E-state index >= 15 is 0 Å². The predicted octanol–water partition coefficient (Wildman–Crippen LogP) is 5.03.